The SMILES string of the molecule is C=CCc1ccccc1OC[C@H](O)CNC(C)(C)CC(C)(C)C. The highest BCUT2D eigenvalue weighted by atomic mass is 16.5. The van der Waals surface area contributed by atoms with E-state index in [1.807, 2.05) is 30.3 Å². The number of ether oxygens (including phenoxy) is 1. The molecule has 0 aliphatic rings. The van der Waals surface area contributed by atoms with E-state index in [1.165, 1.54) is 0 Å². The molecule has 3 nitrogen and oxygen atoms in total. The molecule has 0 bridgehead atoms. The molecule has 1 atom stereocenters. The zero-order valence-electron chi connectivity index (χ0n) is 15.4. The van der Waals surface area contributed by atoms with E-state index in [4.69, 9.17) is 4.74 Å². The highest BCUT2D eigenvalue weighted by Gasteiger charge is 2.25. The largest absolute Gasteiger partial charge is 0.491 e. The Balaban J connectivity index is 2.46. The Morgan fingerprint density at radius 1 is 1.22 bits per heavy atom. The molecule has 0 radical (unpaired) electrons. The molecule has 1 rings (SSSR count). The lowest BCUT2D eigenvalue weighted by molar-refractivity contribution is 0.0940. The predicted molar refractivity (Wildman–Crippen MR) is 98.0 cm³/mol. The number of aliphatic hydroxyl groups excluding tert-OH is 1. The summed E-state index contributed by atoms with van der Waals surface area (Å²) in [6.07, 6.45) is 3.12. The molecule has 0 aliphatic carbocycles. The third-order valence-electron chi connectivity index (χ3n) is 3.56. The molecule has 130 valence electrons. The number of allylic oxidation sites excluding steroid dienone is 1. The van der Waals surface area contributed by atoms with Crippen molar-refractivity contribution in [2.45, 2.75) is 59.1 Å². The van der Waals surface area contributed by atoms with E-state index in [9.17, 15) is 5.11 Å². The first-order valence-electron chi connectivity index (χ1n) is 8.38. The van der Waals surface area contributed by atoms with Gasteiger partial charge in [0.25, 0.3) is 0 Å². The number of hydrogen-bond donors (Lipinski definition) is 2. The van der Waals surface area contributed by atoms with Gasteiger partial charge in [-0.3, -0.25) is 0 Å². The summed E-state index contributed by atoms with van der Waals surface area (Å²) in [5, 5.41) is 13.6. The molecule has 23 heavy (non-hydrogen) atoms. The third-order valence-corrected chi connectivity index (χ3v) is 3.56. The Bertz CT molecular complexity index is 489. The molecule has 0 spiro atoms. The molecule has 0 aromatic heterocycles. The Morgan fingerprint density at radius 3 is 2.48 bits per heavy atom. The van der Waals surface area contributed by atoms with Gasteiger partial charge < -0.3 is 15.2 Å². The summed E-state index contributed by atoms with van der Waals surface area (Å²) in [6.45, 7) is 15.6. The topological polar surface area (TPSA) is 41.5 Å². The van der Waals surface area contributed by atoms with E-state index in [1.54, 1.807) is 0 Å². The van der Waals surface area contributed by atoms with Crippen LogP contribution in [0.1, 0.15) is 46.6 Å². The van der Waals surface area contributed by atoms with Gasteiger partial charge in [0.2, 0.25) is 0 Å². The van der Waals surface area contributed by atoms with E-state index in [0.717, 1.165) is 24.2 Å². The smallest absolute Gasteiger partial charge is 0.122 e. The molecule has 2 N–H and O–H groups in total. The number of aliphatic hydroxyl groups is 1. The fraction of sp³-hybridized carbons (Fsp3) is 0.600. The second kappa shape index (κ2) is 8.51. The Morgan fingerprint density at radius 2 is 1.87 bits per heavy atom. The van der Waals surface area contributed by atoms with Gasteiger partial charge in [-0.05, 0) is 43.7 Å². The van der Waals surface area contributed by atoms with Crippen molar-refractivity contribution in [3.63, 3.8) is 0 Å². The maximum Gasteiger partial charge on any atom is 0.122 e. The van der Waals surface area contributed by atoms with Crippen LogP contribution in [-0.4, -0.2) is 29.9 Å². The zero-order chi connectivity index (χ0) is 17.5. The van der Waals surface area contributed by atoms with Crippen molar-refractivity contribution < 1.29 is 9.84 Å². The minimum Gasteiger partial charge on any atom is -0.491 e. The maximum absolute atomic E-state index is 10.2. The van der Waals surface area contributed by atoms with Crippen LogP contribution in [0.2, 0.25) is 0 Å². The van der Waals surface area contributed by atoms with Crippen LogP contribution in [-0.2, 0) is 6.42 Å². The Kier molecular flexibility index (Phi) is 7.30. The van der Waals surface area contributed by atoms with Crippen molar-refractivity contribution in [1.82, 2.24) is 5.32 Å². The molecule has 0 aliphatic heterocycles. The van der Waals surface area contributed by atoms with Gasteiger partial charge in [-0.25, -0.2) is 0 Å². The fourth-order valence-corrected chi connectivity index (χ4v) is 3.00. The van der Waals surface area contributed by atoms with Crippen LogP contribution in [0.15, 0.2) is 36.9 Å². The first kappa shape index (κ1) is 19.7. The minimum atomic E-state index is -0.536. The Hall–Kier alpha value is -1.32. The van der Waals surface area contributed by atoms with Gasteiger partial charge in [0.1, 0.15) is 18.5 Å². The van der Waals surface area contributed by atoms with Crippen LogP contribution in [0.3, 0.4) is 0 Å². The van der Waals surface area contributed by atoms with Gasteiger partial charge >= 0.3 is 0 Å². The van der Waals surface area contributed by atoms with Crippen molar-refractivity contribution in [3.8, 4) is 5.75 Å². The standard InChI is InChI=1S/C20H33NO2/c1-7-10-16-11-8-9-12-18(16)23-14-17(22)13-21-20(5,6)15-19(2,3)4/h7-9,11-12,17,21-22H,1,10,13-15H2,2-6H3/t17-/m1/s1. The van der Waals surface area contributed by atoms with E-state index in [-0.39, 0.29) is 17.6 Å². The summed E-state index contributed by atoms with van der Waals surface area (Å²) in [6, 6.07) is 7.88. The number of para-hydroxylation sites is 1. The molecule has 0 saturated heterocycles. The van der Waals surface area contributed by atoms with Gasteiger partial charge in [0, 0.05) is 12.1 Å². The molecule has 3 heteroatoms. The van der Waals surface area contributed by atoms with Crippen LogP contribution >= 0.6 is 0 Å². The lowest BCUT2D eigenvalue weighted by Crippen LogP contribution is -2.46. The average molecular weight is 319 g/mol. The normalized spacial score (nSPS) is 13.7. The molecule has 0 fully saturated rings. The minimum absolute atomic E-state index is 0.0139. The number of nitrogens with one attached hydrogen (secondary N) is 1. The number of benzene rings is 1. The first-order chi connectivity index (χ1) is 10.6. The second-order valence-corrected chi connectivity index (χ2v) is 8.07. The molecular formula is C20H33NO2. The van der Waals surface area contributed by atoms with Crippen molar-refractivity contribution in [2.75, 3.05) is 13.2 Å². The number of rotatable bonds is 9. The van der Waals surface area contributed by atoms with Crippen LogP contribution in [0, 0.1) is 5.41 Å². The van der Waals surface area contributed by atoms with Crippen LogP contribution in [0.4, 0.5) is 0 Å². The van der Waals surface area contributed by atoms with Gasteiger partial charge in [-0.15, -0.1) is 6.58 Å². The predicted octanol–water partition coefficient (Wildman–Crippen LogP) is 3.96. The Labute approximate surface area is 141 Å². The summed E-state index contributed by atoms with van der Waals surface area (Å²) in [7, 11) is 0. The van der Waals surface area contributed by atoms with Crippen molar-refractivity contribution in [1.29, 1.82) is 0 Å². The maximum atomic E-state index is 10.2. The highest BCUT2D eigenvalue weighted by Crippen LogP contribution is 2.26. The zero-order valence-corrected chi connectivity index (χ0v) is 15.4. The molecule has 0 unspecified atom stereocenters. The van der Waals surface area contributed by atoms with Crippen LogP contribution < -0.4 is 10.1 Å². The highest BCUT2D eigenvalue weighted by molar-refractivity contribution is 5.34. The van der Waals surface area contributed by atoms with Crippen LogP contribution in [0.25, 0.3) is 0 Å². The van der Waals surface area contributed by atoms with Crippen molar-refractivity contribution in [3.05, 3.63) is 42.5 Å². The summed E-state index contributed by atoms with van der Waals surface area (Å²) in [5.41, 5.74) is 1.33. The average Bonchev–Trinajstić information content (AvgIpc) is 2.42. The monoisotopic (exact) mass is 319 g/mol. The quantitative estimate of drug-likeness (QED) is 0.677. The van der Waals surface area contributed by atoms with Gasteiger partial charge in [0.05, 0.1) is 0 Å². The second-order valence-electron chi connectivity index (χ2n) is 8.07. The van der Waals surface area contributed by atoms with Crippen molar-refractivity contribution >= 4 is 0 Å². The van der Waals surface area contributed by atoms with Crippen LogP contribution in [0.5, 0.6) is 5.75 Å². The molecule has 1 aromatic carbocycles. The van der Waals surface area contributed by atoms with E-state index in [2.05, 4.69) is 46.5 Å². The summed E-state index contributed by atoms with van der Waals surface area (Å²) < 4.78 is 5.78. The molecular weight excluding hydrogens is 286 g/mol. The van der Waals surface area contributed by atoms with E-state index < -0.39 is 6.10 Å². The number of hydrogen-bond acceptors (Lipinski definition) is 3. The lowest BCUT2D eigenvalue weighted by atomic mass is 9.82. The number of β-amino-alcohol motifs (C(OH)–C–C–N with tert-alkyl or cyclic N) is 1. The fourth-order valence-electron chi connectivity index (χ4n) is 3.00. The molecule has 1 aromatic rings. The summed E-state index contributed by atoms with van der Waals surface area (Å²) in [4.78, 5) is 0. The summed E-state index contributed by atoms with van der Waals surface area (Å²) >= 11 is 0. The molecule has 0 amide bonds. The van der Waals surface area contributed by atoms with E-state index >= 15 is 0 Å². The lowest BCUT2D eigenvalue weighted by Gasteiger charge is -2.34. The van der Waals surface area contributed by atoms with Gasteiger partial charge in [0.15, 0.2) is 0 Å². The van der Waals surface area contributed by atoms with Gasteiger partial charge in [-0.1, -0.05) is 45.0 Å². The third kappa shape index (κ3) is 8.19. The molecule has 0 heterocycles. The summed E-state index contributed by atoms with van der Waals surface area (Å²) in [5.74, 6) is 0.820. The van der Waals surface area contributed by atoms with Crippen molar-refractivity contribution in [2.24, 2.45) is 5.41 Å². The van der Waals surface area contributed by atoms with E-state index in [0.29, 0.717) is 6.54 Å². The molecule has 0 saturated carbocycles. The van der Waals surface area contributed by atoms with Gasteiger partial charge in [-0.2, -0.15) is 0 Å². The first-order valence-corrected chi connectivity index (χ1v) is 8.38.